The maximum Gasteiger partial charge on any atom is 0.307 e. The van der Waals surface area contributed by atoms with Crippen molar-refractivity contribution in [2.75, 3.05) is 7.11 Å². The van der Waals surface area contributed by atoms with Crippen molar-refractivity contribution < 1.29 is 14.6 Å². The molecule has 0 bridgehead atoms. The lowest BCUT2D eigenvalue weighted by molar-refractivity contribution is -0.138. The minimum atomic E-state index is -0.774. The average molecular weight is 388 g/mol. The molecular weight excluding hydrogens is 364 g/mol. The first-order valence-corrected chi connectivity index (χ1v) is 9.82. The van der Waals surface area contributed by atoms with Crippen LogP contribution in [0, 0.1) is 12.8 Å². The van der Waals surface area contributed by atoms with Crippen LogP contribution in [0.15, 0.2) is 54.9 Å². The van der Waals surface area contributed by atoms with Gasteiger partial charge in [0.05, 0.1) is 24.4 Å². The molecule has 1 aromatic carbocycles. The van der Waals surface area contributed by atoms with Gasteiger partial charge in [-0.2, -0.15) is 0 Å². The zero-order chi connectivity index (χ0) is 20.4. The molecule has 2 atom stereocenters. The average Bonchev–Trinajstić information content (AvgIpc) is 3.54. The predicted molar refractivity (Wildman–Crippen MR) is 111 cm³/mol. The number of aryl methyl sites for hydroxylation is 3. The van der Waals surface area contributed by atoms with Crippen molar-refractivity contribution in [1.82, 2.24) is 9.97 Å². The molecule has 1 fully saturated rings. The van der Waals surface area contributed by atoms with E-state index >= 15 is 0 Å². The molecule has 1 saturated carbocycles. The number of benzene rings is 1. The summed E-state index contributed by atoms with van der Waals surface area (Å²) in [7, 11) is 1.59. The van der Waals surface area contributed by atoms with Gasteiger partial charge >= 0.3 is 5.97 Å². The Bertz CT molecular complexity index is 1030. The molecule has 1 N–H and O–H groups in total. The zero-order valence-electron chi connectivity index (χ0n) is 16.6. The Morgan fingerprint density at radius 1 is 1.10 bits per heavy atom. The van der Waals surface area contributed by atoms with Crippen molar-refractivity contribution in [3.05, 3.63) is 77.2 Å². The lowest BCUT2D eigenvalue weighted by Crippen LogP contribution is -2.02. The number of nitrogens with zero attached hydrogens (tertiary/aromatic N) is 2. The van der Waals surface area contributed by atoms with Gasteiger partial charge in [0.25, 0.3) is 0 Å². The van der Waals surface area contributed by atoms with Gasteiger partial charge in [-0.1, -0.05) is 29.8 Å². The highest BCUT2D eigenvalue weighted by Gasteiger charge is 2.46. The Balaban J connectivity index is 1.54. The highest BCUT2D eigenvalue weighted by molar-refractivity contribution is 5.75. The Kier molecular flexibility index (Phi) is 5.30. The van der Waals surface area contributed by atoms with Crippen LogP contribution in [0.1, 0.15) is 34.7 Å². The molecular formula is C24H24N2O3. The van der Waals surface area contributed by atoms with E-state index in [2.05, 4.69) is 42.2 Å². The maximum absolute atomic E-state index is 11.3. The number of aromatic nitrogens is 2. The second-order valence-electron chi connectivity index (χ2n) is 7.64. The Morgan fingerprint density at radius 3 is 2.55 bits per heavy atom. The minimum absolute atomic E-state index is 0.0833. The number of pyridine rings is 2. The third-order valence-corrected chi connectivity index (χ3v) is 5.48. The van der Waals surface area contributed by atoms with Crippen LogP contribution in [0.4, 0.5) is 0 Å². The summed E-state index contributed by atoms with van der Waals surface area (Å²) >= 11 is 0. The first-order valence-electron chi connectivity index (χ1n) is 9.82. The van der Waals surface area contributed by atoms with Crippen LogP contribution in [0.3, 0.4) is 0 Å². The van der Waals surface area contributed by atoms with E-state index in [0.29, 0.717) is 12.2 Å². The van der Waals surface area contributed by atoms with Crippen molar-refractivity contribution in [2.24, 2.45) is 5.92 Å². The largest absolute Gasteiger partial charge is 0.495 e. The van der Waals surface area contributed by atoms with Crippen LogP contribution in [0.2, 0.25) is 0 Å². The Labute approximate surface area is 170 Å². The molecule has 0 saturated heterocycles. The van der Waals surface area contributed by atoms with E-state index in [4.69, 9.17) is 9.72 Å². The summed E-state index contributed by atoms with van der Waals surface area (Å²) in [5.41, 5.74) is 6.17. The van der Waals surface area contributed by atoms with Crippen LogP contribution in [0.5, 0.6) is 5.75 Å². The number of hydrogen-bond acceptors (Lipinski definition) is 4. The van der Waals surface area contributed by atoms with Gasteiger partial charge in [-0.05, 0) is 55.5 Å². The number of aliphatic carboxylic acids is 1. The third-order valence-electron chi connectivity index (χ3n) is 5.48. The van der Waals surface area contributed by atoms with Gasteiger partial charge in [0.1, 0.15) is 5.75 Å². The normalized spacial score (nSPS) is 17.7. The monoisotopic (exact) mass is 388 g/mol. The van der Waals surface area contributed by atoms with Crippen molar-refractivity contribution in [3.63, 3.8) is 0 Å². The smallest absolute Gasteiger partial charge is 0.307 e. The van der Waals surface area contributed by atoms with Gasteiger partial charge in [0.15, 0.2) is 0 Å². The fourth-order valence-corrected chi connectivity index (χ4v) is 3.64. The van der Waals surface area contributed by atoms with Crippen molar-refractivity contribution in [3.8, 4) is 17.0 Å². The van der Waals surface area contributed by atoms with Gasteiger partial charge in [0, 0.05) is 23.9 Å². The molecule has 0 unspecified atom stereocenters. The number of carboxylic acids is 1. The molecule has 29 heavy (non-hydrogen) atoms. The molecule has 0 spiro atoms. The number of carbonyl (C=O) groups is 1. The van der Waals surface area contributed by atoms with Gasteiger partial charge in [-0.15, -0.1) is 0 Å². The lowest BCUT2D eigenvalue weighted by atomic mass is 10.0. The zero-order valence-corrected chi connectivity index (χ0v) is 16.6. The van der Waals surface area contributed by atoms with Crippen LogP contribution in [-0.2, 0) is 17.6 Å². The lowest BCUT2D eigenvalue weighted by Gasteiger charge is -2.10. The predicted octanol–water partition coefficient (Wildman–Crippen LogP) is 4.43. The van der Waals surface area contributed by atoms with Crippen molar-refractivity contribution in [2.45, 2.75) is 32.1 Å². The number of hydrogen-bond donors (Lipinski definition) is 1. The van der Waals surface area contributed by atoms with Crippen LogP contribution in [-0.4, -0.2) is 28.2 Å². The number of carboxylic acid groups (broad SMARTS) is 1. The van der Waals surface area contributed by atoms with Crippen LogP contribution >= 0.6 is 0 Å². The SMILES string of the molecule is COc1ccc(-c2cncc(CCc3ccc(C)cc3)c2)nc1[C@H]1C[C@@H]1C(=O)O. The van der Waals surface area contributed by atoms with E-state index in [1.807, 2.05) is 18.3 Å². The van der Waals surface area contributed by atoms with Gasteiger partial charge < -0.3 is 9.84 Å². The van der Waals surface area contributed by atoms with Crippen molar-refractivity contribution >= 4 is 5.97 Å². The van der Waals surface area contributed by atoms with E-state index in [0.717, 1.165) is 35.4 Å². The summed E-state index contributed by atoms with van der Waals surface area (Å²) in [6.45, 7) is 2.09. The molecule has 3 aromatic rings. The van der Waals surface area contributed by atoms with Crippen LogP contribution < -0.4 is 4.74 Å². The summed E-state index contributed by atoms with van der Waals surface area (Å²) < 4.78 is 5.41. The van der Waals surface area contributed by atoms with Gasteiger partial charge in [0.2, 0.25) is 0 Å². The van der Waals surface area contributed by atoms with Gasteiger partial charge in [-0.3, -0.25) is 9.78 Å². The fraction of sp³-hybridized carbons (Fsp3) is 0.292. The molecule has 1 aliphatic rings. The standard InChI is InChI=1S/C24H24N2O3/c1-15-3-5-16(6-4-15)7-8-17-11-18(14-25-13-17)21-9-10-22(29-2)23(26-21)19-12-20(19)24(27)28/h3-6,9-11,13-14,19-20H,7-8,12H2,1-2H3,(H,27,28)/t19-,20-/m0/s1. The Morgan fingerprint density at radius 2 is 1.86 bits per heavy atom. The second-order valence-corrected chi connectivity index (χ2v) is 7.64. The van der Waals surface area contributed by atoms with E-state index in [1.165, 1.54) is 11.1 Å². The highest BCUT2D eigenvalue weighted by Crippen LogP contribution is 2.50. The molecule has 5 heteroatoms. The molecule has 0 radical (unpaired) electrons. The summed E-state index contributed by atoms with van der Waals surface area (Å²) in [6.07, 6.45) is 6.15. The molecule has 4 rings (SSSR count). The molecule has 1 aliphatic carbocycles. The highest BCUT2D eigenvalue weighted by atomic mass is 16.5. The summed E-state index contributed by atoms with van der Waals surface area (Å²) in [4.78, 5) is 20.4. The molecule has 0 aliphatic heterocycles. The van der Waals surface area contributed by atoms with E-state index in [1.54, 1.807) is 13.3 Å². The molecule has 2 heterocycles. The minimum Gasteiger partial charge on any atom is -0.495 e. The Hall–Kier alpha value is -3.21. The van der Waals surface area contributed by atoms with Crippen LogP contribution in [0.25, 0.3) is 11.3 Å². The first-order chi connectivity index (χ1) is 14.0. The quantitative estimate of drug-likeness (QED) is 0.648. The number of methoxy groups -OCH3 is 1. The number of rotatable bonds is 7. The van der Waals surface area contributed by atoms with Gasteiger partial charge in [-0.25, -0.2) is 4.98 Å². The summed E-state index contributed by atoms with van der Waals surface area (Å²) in [6, 6.07) is 14.5. The van der Waals surface area contributed by atoms with E-state index in [9.17, 15) is 9.90 Å². The molecule has 2 aromatic heterocycles. The summed E-state index contributed by atoms with van der Waals surface area (Å²) in [5, 5.41) is 9.26. The first kappa shape index (κ1) is 19.1. The summed E-state index contributed by atoms with van der Waals surface area (Å²) in [5.74, 6) is -0.583. The number of ether oxygens (including phenoxy) is 1. The fourth-order valence-electron chi connectivity index (χ4n) is 3.64. The molecule has 5 nitrogen and oxygen atoms in total. The molecule has 0 amide bonds. The van der Waals surface area contributed by atoms with E-state index < -0.39 is 5.97 Å². The maximum atomic E-state index is 11.3. The third kappa shape index (κ3) is 4.29. The topological polar surface area (TPSA) is 72.3 Å². The second kappa shape index (κ2) is 8.03. The van der Waals surface area contributed by atoms with Crippen molar-refractivity contribution in [1.29, 1.82) is 0 Å². The molecule has 148 valence electrons. The van der Waals surface area contributed by atoms with E-state index in [-0.39, 0.29) is 11.8 Å².